The van der Waals surface area contributed by atoms with Crippen LogP contribution < -0.4 is 0 Å². The predicted molar refractivity (Wildman–Crippen MR) is 35.8 cm³/mol. The molecule has 0 fully saturated rings. The normalized spacial score (nSPS) is 12.1. The lowest BCUT2D eigenvalue weighted by molar-refractivity contribution is 0.341. The molecule has 0 aliphatic carbocycles. The molecule has 0 saturated heterocycles. The van der Waals surface area contributed by atoms with Crippen LogP contribution in [-0.4, -0.2) is 11.7 Å². The van der Waals surface area contributed by atoms with Crippen LogP contribution in [-0.2, 0) is 0 Å². The monoisotopic (exact) mass is 114 g/mol. The molecule has 0 amide bonds. The van der Waals surface area contributed by atoms with Crippen molar-refractivity contribution in [1.82, 2.24) is 0 Å². The van der Waals surface area contributed by atoms with Crippen molar-refractivity contribution in [3.05, 3.63) is 11.6 Å². The summed E-state index contributed by atoms with van der Waals surface area (Å²) in [6.45, 7) is 4.36. The van der Waals surface area contributed by atoms with Gasteiger partial charge in [-0.2, -0.15) is 0 Å². The van der Waals surface area contributed by atoms with E-state index in [0.717, 1.165) is 6.42 Å². The van der Waals surface area contributed by atoms with Crippen molar-refractivity contribution in [3.63, 3.8) is 0 Å². The van der Waals surface area contributed by atoms with E-state index in [0.29, 0.717) is 0 Å². The molecule has 48 valence electrons. The summed E-state index contributed by atoms with van der Waals surface area (Å²) in [6, 6.07) is 0. The van der Waals surface area contributed by atoms with Crippen LogP contribution in [0.2, 0.25) is 0 Å². The smallest absolute Gasteiger partial charge is 0.0614 e. The van der Waals surface area contributed by atoms with Gasteiger partial charge in [-0.3, -0.25) is 0 Å². The van der Waals surface area contributed by atoms with Crippen molar-refractivity contribution in [2.24, 2.45) is 0 Å². The number of hydrogen-bond acceptors (Lipinski definition) is 1. The highest BCUT2D eigenvalue weighted by molar-refractivity contribution is 4.96. The van der Waals surface area contributed by atoms with E-state index in [1.165, 1.54) is 12.0 Å². The summed E-state index contributed by atoms with van der Waals surface area (Å²) >= 11 is 0. The van der Waals surface area contributed by atoms with Gasteiger partial charge in [-0.15, -0.1) is 0 Å². The van der Waals surface area contributed by atoms with Crippen molar-refractivity contribution >= 4 is 0 Å². The molecule has 0 spiro atoms. The largest absolute Gasteiger partial charge is 0.392 e. The molecule has 1 nitrogen and oxygen atoms in total. The molecule has 0 aromatic rings. The van der Waals surface area contributed by atoms with E-state index in [1.54, 1.807) is 0 Å². The quantitative estimate of drug-likeness (QED) is 0.554. The van der Waals surface area contributed by atoms with Gasteiger partial charge in [-0.1, -0.05) is 25.0 Å². The van der Waals surface area contributed by atoms with Gasteiger partial charge in [0, 0.05) is 0 Å². The average molecular weight is 114 g/mol. The molecule has 0 rings (SSSR count). The molecule has 0 bridgehead atoms. The number of aliphatic hydroxyl groups is 1. The Kier molecular flexibility index (Phi) is 4.67. The molecule has 0 aromatic heterocycles. The summed E-state index contributed by atoms with van der Waals surface area (Å²) in [5.74, 6) is 0. The third-order valence-corrected chi connectivity index (χ3v) is 1.08. The first-order valence-electron chi connectivity index (χ1n) is 3.07. The minimum Gasteiger partial charge on any atom is -0.392 e. The molecule has 0 aliphatic heterocycles. The van der Waals surface area contributed by atoms with Gasteiger partial charge in [-0.05, 0) is 13.3 Å². The van der Waals surface area contributed by atoms with Crippen LogP contribution in [0.1, 0.15) is 26.7 Å². The molecule has 0 radical (unpaired) electrons. The first kappa shape index (κ1) is 7.70. The highest BCUT2D eigenvalue weighted by Gasteiger charge is 1.82. The van der Waals surface area contributed by atoms with E-state index >= 15 is 0 Å². The van der Waals surface area contributed by atoms with Crippen molar-refractivity contribution in [2.75, 3.05) is 6.61 Å². The van der Waals surface area contributed by atoms with Crippen LogP contribution in [0.25, 0.3) is 0 Å². The number of aliphatic hydroxyl groups excluding tert-OH is 1. The first-order chi connectivity index (χ1) is 3.81. The summed E-state index contributed by atoms with van der Waals surface area (Å²) < 4.78 is 0. The maximum absolute atomic E-state index is 8.39. The Bertz CT molecular complexity index is 74.5. The van der Waals surface area contributed by atoms with Gasteiger partial charge in [0.15, 0.2) is 0 Å². The average Bonchev–Trinajstić information content (AvgIpc) is 1.68. The Hall–Kier alpha value is -0.300. The minimum absolute atomic E-state index is 0.186. The molecule has 0 unspecified atom stereocenters. The second kappa shape index (κ2) is 4.85. The lowest BCUT2D eigenvalue weighted by atomic mass is 10.2. The van der Waals surface area contributed by atoms with E-state index in [1.807, 2.05) is 13.0 Å². The summed E-state index contributed by atoms with van der Waals surface area (Å²) in [6.07, 6.45) is 4.13. The first-order valence-corrected chi connectivity index (χ1v) is 3.07. The predicted octanol–water partition coefficient (Wildman–Crippen LogP) is 1.73. The van der Waals surface area contributed by atoms with E-state index in [9.17, 15) is 0 Å². The third kappa shape index (κ3) is 3.88. The lowest BCUT2D eigenvalue weighted by Crippen LogP contribution is -1.78. The third-order valence-electron chi connectivity index (χ3n) is 1.08. The van der Waals surface area contributed by atoms with Crippen LogP contribution in [0.15, 0.2) is 11.6 Å². The van der Waals surface area contributed by atoms with Crippen molar-refractivity contribution in [1.29, 1.82) is 0 Å². The zero-order valence-corrected chi connectivity index (χ0v) is 5.65. The number of allylic oxidation sites excluding steroid dienone is 1. The van der Waals surface area contributed by atoms with Gasteiger partial charge >= 0.3 is 0 Å². The van der Waals surface area contributed by atoms with Gasteiger partial charge in [0.05, 0.1) is 6.61 Å². The Balaban J connectivity index is 3.29. The molecular weight excluding hydrogens is 100 g/mol. The van der Waals surface area contributed by atoms with Crippen LogP contribution in [0, 0.1) is 0 Å². The van der Waals surface area contributed by atoms with Gasteiger partial charge in [0.25, 0.3) is 0 Å². The summed E-state index contributed by atoms with van der Waals surface area (Å²) in [5, 5.41) is 8.39. The standard InChI is InChI=1S/C7H14O/c1-3-4-7(2)5-6-8/h5,8H,3-4,6H2,1-2H3. The molecule has 0 atom stereocenters. The second-order valence-corrected chi connectivity index (χ2v) is 1.98. The van der Waals surface area contributed by atoms with E-state index in [4.69, 9.17) is 5.11 Å². The Labute approximate surface area is 51.0 Å². The molecule has 0 heterocycles. The maximum atomic E-state index is 8.39. The number of hydrogen-bond donors (Lipinski definition) is 1. The molecule has 0 aliphatic rings. The van der Waals surface area contributed by atoms with E-state index < -0.39 is 0 Å². The molecule has 1 heteroatoms. The molecule has 1 N–H and O–H groups in total. The zero-order valence-electron chi connectivity index (χ0n) is 5.65. The van der Waals surface area contributed by atoms with Crippen LogP contribution >= 0.6 is 0 Å². The van der Waals surface area contributed by atoms with Gasteiger partial charge in [0.1, 0.15) is 0 Å². The van der Waals surface area contributed by atoms with Gasteiger partial charge < -0.3 is 5.11 Å². The second-order valence-electron chi connectivity index (χ2n) is 1.98. The maximum Gasteiger partial charge on any atom is 0.0614 e. The fraction of sp³-hybridized carbons (Fsp3) is 0.714. The van der Waals surface area contributed by atoms with Gasteiger partial charge in [0.2, 0.25) is 0 Å². The molecule has 8 heavy (non-hydrogen) atoms. The van der Waals surface area contributed by atoms with Gasteiger partial charge in [-0.25, -0.2) is 0 Å². The van der Waals surface area contributed by atoms with Crippen LogP contribution in [0.4, 0.5) is 0 Å². The lowest BCUT2D eigenvalue weighted by Gasteiger charge is -1.93. The molecule has 0 aromatic carbocycles. The summed E-state index contributed by atoms with van der Waals surface area (Å²) in [5.41, 5.74) is 1.29. The van der Waals surface area contributed by atoms with Crippen molar-refractivity contribution in [2.45, 2.75) is 26.7 Å². The number of rotatable bonds is 3. The highest BCUT2D eigenvalue weighted by atomic mass is 16.2. The Morgan fingerprint density at radius 3 is 2.62 bits per heavy atom. The summed E-state index contributed by atoms with van der Waals surface area (Å²) in [4.78, 5) is 0. The Morgan fingerprint density at radius 2 is 2.25 bits per heavy atom. The highest BCUT2D eigenvalue weighted by Crippen LogP contribution is 2.00. The fourth-order valence-electron chi connectivity index (χ4n) is 0.652. The van der Waals surface area contributed by atoms with E-state index in [-0.39, 0.29) is 6.61 Å². The topological polar surface area (TPSA) is 20.2 Å². The Morgan fingerprint density at radius 1 is 1.62 bits per heavy atom. The van der Waals surface area contributed by atoms with Crippen molar-refractivity contribution in [3.8, 4) is 0 Å². The van der Waals surface area contributed by atoms with Crippen molar-refractivity contribution < 1.29 is 5.11 Å². The van der Waals surface area contributed by atoms with E-state index in [2.05, 4.69) is 6.92 Å². The zero-order chi connectivity index (χ0) is 6.41. The SMILES string of the molecule is CCCC(C)=CCO. The summed E-state index contributed by atoms with van der Waals surface area (Å²) in [7, 11) is 0. The minimum atomic E-state index is 0.186. The fourth-order valence-corrected chi connectivity index (χ4v) is 0.652. The molecular formula is C7H14O. The van der Waals surface area contributed by atoms with Crippen LogP contribution in [0.5, 0.6) is 0 Å². The molecule has 0 saturated carbocycles. The van der Waals surface area contributed by atoms with Crippen LogP contribution in [0.3, 0.4) is 0 Å².